The van der Waals surface area contributed by atoms with Crippen molar-refractivity contribution in [3.63, 3.8) is 0 Å². The predicted octanol–water partition coefficient (Wildman–Crippen LogP) is 3.89. The molecule has 4 nitrogen and oxygen atoms in total. The van der Waals surface area contributed by atoms with Crippen LogP contribution in [-0.4, -0.2) is 36.0 Å². The van der Waals surface area contributed by atoms with Gasteiger partial charge in [0.2, 0.25) is 0 Å². The molecule has 1 amide bonds. The lowest BCUT2D eigenvalue weighted by molar-refractivity contribution is -0.135. The third-order valence-corrected chi connectivity index (χ3v) is 5.67. The van der Waals surface area contributed by atoms with E-state index in [-0.39, 0.29) is 29.4 Å². The summed E-state index contributed by atoms with van der Waals surface area (Å²) in [6, 6.07) is 5.96. The molecule has 2 unspecified atom stereocenters. The Kier molecular flexibility index (Phi) is 4.42. The smallest absolute Gasteiger partial charge is 0.338 e. The van der Waals surface area contributed by atoms with Gasteiger partial charge in [0.15, 0.2) is 6.61 Å². The molecule has 1 aromatic carbocycles. The molecule has 1 aromatic rings. The van der Waals surface area contributed by atoms with Crippen LogP contribution in [0.2, 0.25) is 0 Å². The predicted molar refractivity (Wildman–Crippen MR) is 97.4 cm³/mol. The Bertz CT molecular complexity index is 709. The van der Waals surface area contributed by atoms with Gasteiger partial charge in [-0.1, -0.05) is 38.5 Å². The monoisotopic (exact) mass is 343 g/mol. The van der Waals surface area contributed by atoms with Crippen molar-refractivity contribution in [3.05, 3.63) is 34.9 Å². The number of fused-ring (bicyclic) bond motifs is 2. The van der Waals surface area contributed by atoms with Gasteiger partial charge in [0, 0.05) is 12.6 Å². The molecule has 3 rings (SSSR count). The molecule has 25 heavy (non-hydrogen) atoms. The van der Waals surface area contributed by atoms with Crippen LogP contribution in [0, 0.1) is 24.7 Å². The lowest BCUT2D eigenvalue weighted by atomic mass is 9.65. The summed E-state index contributed by atoms with van der Waals surface area (Å²) in [5, 5.41) is 0. The topological polar surface area (TPSA) is 46.6 Å². The maximum absolute atomic E-state index is 12.7. The quantitative estimate of drug-likeness (QED) is 0.782. The number of carbonyl (C=O) groups is 2. The number of likely N-dealkylation sites (tertiary alicyclic amines) is 1. The van der Waals surface area contributed by atoms with Crippen LogP contribution < -0.4 is 0 Å². The molecule has 2 aliphatic rings. The SMILES string of the molecule is Cc1ccc(C)c(C(=O)OCC(=O)N2CC3(C)CC2CC(C)(C)C3)c1. The molecule has 136 valence electrons. The van der Waals surface area contributed by atoms with Crippen LogP contribution in [0.15, 0.2) is 18.2 Å². The van der Waals surface area contributed by atoms with E-state index >= 15 is 0 Å². The largest absolute Gasteiger partial charge is 0.452 e. The number of benzene rings is 1. The number of rotatable bonds is 3. The Morgan fingerprint density at radius 3 is 2.64 bits per heavy atom. The molecule has 2 atom stereocenters. The van der Waals surface area contributed by atoms with Crippen LogP contribution in [0.1, 0.15) is 61.5 Å². The summed E-state index contributed by atoms with van der Waals surface area (Å²) in [4.78, 5) is 27.0. The normalized spacial score (nSPS) is 27.2. The van der Waals surface area contributed by atoms with E-state index in [0.29, 0.717) is 5.56 Å². The molecule has 1 aliphatic heterocycles. The van der Waals surface area contributed by atoms with Crippen LogP contribution in [0.5, 0.6) is 0 Å². The van der Waals surface area contributed by atoms with Gasteiger partial charge in [0.1, 0.15) is 0 Å². The van der Waals surface area contributed by atoms with E-state index < -0.39 is 5.97 Å². The van der Waals surface area contributed by atoms with E-state index in [1.807, 2.05) is 36.9 Å². The van der Waals surface area contributed by atoms with Gasteiger partial charge < -0.3 is 9.64 Å². The van der Waals surface area contributed by atoms with Gasteiger partial charge >= 0.3 is 5.97 Å². The number of esters is 1. The molecule has 2 fully saturated rings. The number of ether oxygens (including phenoxy) is 1. The second kappa shape index (κ2) is 6.15. The number of aryl methyl sites for hydroxylation is 2. The first kappa shape index (κ1) is 18.0. The lowest BCUT2D eigenvalue weighted by Crippen LogP contribution is -2.39. The van der Waals surface area contributed by atoms with Crippen molar-refractivity contribution in [3.8, 4) is 0 Å². The highest BCUT2D eigenvalue weighted by Gasteiger charge is 2.50. The second-order valence-corrected chi connectivity index (χ2v) is 9.13. The molecule has 1 saturated heterocycles. The van der Waals surface area contributed by atoms with Crippen LogP contribution in [-0.2, 0) is 9.53 Å². The minimum Gasteiger partial charge on any atom is -0.452 e. The van der Waals surface area contributed by atoms with E-state index in [4.69, 9.17) is 4.74 Å². The summed E-state index contributed by atoms with van der Waals surface area (Å²) in [7, 11) is 0. The van der Waals surface area contributed by atoms with Gasteiger partial charge in [0.05, 0.1) is 5.56 Å². The first-order chi connectivity index (χ1) is 11.6. The molecule has 0 radical (unpaired) electrons. The molecular formula is C21H29NO3. The molecule has 1 aliphatic carbocycles. The van der Waals surface area contributed by atoms with Gasteiger partial charge in [-0.3, -0.25) is 4.79 Å². The van der Waals surface area contributed by atoms with Crippen molar-refractivity contribution >= 4 is 11.9 Å². The van der Waals surface area contributed by atoms with Gasteiger partial charge in [-0.15, -0.1) is 0 Å². The van der Waals surface area contributed by atoms with Gasteiger partial charge in [-0.25, -0.2) is 4.79 Å². The fourth-order valence-corrected chi connectivity index (χ4v) is 5.00. The van der Waals surface area contributed by atoms with Crippen molar-refractivity contribution in [2.24, 2.45) is 10.8 Å². The van der Waals surface area contributed by atoms with E-state index in [9.17, 15) is 9.59 Å². The third kappa shape index (κ3) is 3.73. The number of carbonyl (C=O) groups excluding carboxylic acids is 2. The second-order valence-electron chi connectivity index (χ2n) is 9.13. The maximum Gasteiger partial charge on any atom is 0.338 e. The molecule has 4 heteroatoms. The minimum absolute atomic E-state index is 0.0647. The number of nitrogens with zero attached hydrogens (tertiary/aromatic N) is 1. The first-order valence-electron chi connectivity index (χ1n) is 9.12. The zero-order chi connectivity index (χ0) is 18.4. The summed E-state index contributed by atoms with van der Waals surface area (Å²) in [5.41, 5.74) is 2.88. The highest BCUT2D eigenvalue weighted by Crippen LogP contribution is 2.52. The van der Waals surface area contributed by atoms with Crippen LogP contribution in [0.25, 0.3) is 0 Å². The molecule has 2 bridgehead atoms. The molecule has 0 spiro atoms. The van der Waals surface area contributed by atoms with Crippen molar-refractivity contribution in [1.82, 2.24) is 4.90 Å². The van der Waals surface area contributed by atoms with E-state index in [1.54, 1.807) is 0 Å². The lowest BCUT2D eigenvalue weighted by Gasteiger charge is -2.39. The van der Waals surface area contributed by atoms with Crippen molar-refractivity contribution in [2.45, 2.75) is 59.9 Å². The summed E-state index contributed by atoms with van der Waals surface area (Å²) >= 11 is 0. The Morgan fingerprint density at radius 1 is 1.20 bits per heavy atom. The Balaban J connectivity index is 1.64. The average molecular weight is 343 g/mol. The van der Waals surface area contributed by atoms with Crippen LogP contribution in [0.3, 0.4) is 0 Å². The number of amides is 1. The number of hydrogen-bond donors (Lipinski definition) is 0. The van der Waals surface area contributed by atoms with E-state index in [0.717, 1.165) is 36.9 Å². The van der Waals surface area contributed by atoms with Crippen LogP contribution >= 0.6 is 0 Å². The molecule has 0 N–H and O–H groups in total. The minimum atomic E-state index is -0.414. The first-order valence-corrected chi connectivity index (χ1v) is 9.12. The Morgan fingerprint density at radius 2 is 1.92 bits per heavy atom. The Labute approximate surface area is 150 Å². The van der Waals surface area contributed by atoms with Gasteiger partial charge in [0.25, 0.3) is 5.91 Å². The summed E-state index contributed by atoms with van der Waals surface area (Å²) in [5.74, 6) is -0.478. The molecule has 0 aromatic heterocycles. The Hall–Kier alpha value is -1.84. The van der Waals surface area contributed by atoms with Crippen molar-refractivity contribution < 1.29 is 14.3 Å². The summed E-state index contributed by atoms with van der Waals surface area (Å²) < 4.78 is 5.34. The maximum atomic E-state index is 12.7. The highest BCUT2D eigenvalue weighted by atomic mass is 16.5. The fraction of sp³-hybridized carbons (Fsp3) is 0.619. The van der Waals surface area contributed by atoms with Gasteiger partial charge in [-0.2, -0.15) is 0 Å². The highest BCUT2D eigenvalue weighted by molar-refractivity contribution is 5.93. The molecular weight excluding hydrogens is 314 g/mol. The molecule has 1 saturated carbocycles. The summed E-state index contributed by atoms with van der Waals surface area (Å²) in [6.45, 7) is 11.3. The van der Waals surface area contributed by atoms with Crippen molar-refractivity contribution in [1.29, 1.82) is 0 Å². The fourth-order valence-electron chi connectivity index (χ4n) is 5.00. The standard InChI is InChI=1S/C21H29NO3/c1-14-6-7-15(2)17(8-14)19(24)25-11-18(23)22-13-21(5)10-16(22)9-20(3,4)12-21/h6-8,16H,9-13H2,1-5H3. The van der Waals surface area contributed by atoms with Gasteiger partial charge in [-0.05, 0) is 55.6 Å². The zero-order valence-corrected chi connectivity index (χ0v) is 16.0. The van der Waals surface area contributed by atoms with E-state index in [1.165, 1.54) is 0 Å². The van der Waals surface area contributed by atoms with Crippen LogP contribution in [0.4, 0.5) is 0 Å². The third-order valence-electron chi connectivity index (χ3n) is 5.67. The molecule has 1 heterocycles. The van der Waals surface area contributed by atoms with E-state index in [2.05, 4.69) is 20.8 Å². The summed E-state index contributed by atoms with van der Waals surface area (Å²) in [6.07, 6.45) is 3.23. The number of hydrogen-bond acceptors (Lipinski definition) is 3. The zero-order valence-electron chi connectivity index (χ0n) is 16.0. The van der Waals surface area contributed by atoms with Crippen molar-refractivity contribution in [2.75, 3.05) is 13.2 Å². The average Bonchev–Trinajstić information content (AvgIpc) is 2.76.